The Morgan fingerprint density at radius 3 is 2.00 bits per heavy atom. The number of amides is 1. The number of benzene rings is 1. The molecule has 0 unspecified atom stereocenters. The first kappa shape index (κ1) is 37.0. The van der Waals surface area contributed by atoms with E-state index < -0.39 is 0 Å². The number of likely N-dealkylation sites (tertiary alicyclic amines) is 1. The van der Waals surface area contributed by atoms with Crippen LogP contribution in [-0.2, 0) is 38.1 Å². The molecule has 3 heterocycles. The lowest BCUT2D eigenvalue weighted by Crippen LogP contribution is -2.40. The van der Waals surface area contributed by atoms with Gasteiger partial charge in [0.05, 0.1) is 30.6 Å². The SMILES string of the molecule is CC.CCc1cc(C)n(CC(=O)N2CCC(c3nc(-c4cc(C(C)(C)C)c(OC)c(C(C)(C)C)c4)cs3)CC2)n1.COC=O. The van der Waals surface area contributed by atoms with Gasteiger partial charge >= 0.3 is 0 Å². The minimum Gasteiger partial charge on any atom is -0.496 e. The van der Waals surface area contributed by atoms with Gasteiger partial charge in [0.2, 0.25) is 5.91 Å². The van der Waals surface area contributed by atoms with E-state index in [1.165, 1.54) is 23.2 Å². The van der Waals surface area contributed by atoms with Crippen molar-refractivity contribution >= 4 is 23.7 Å². The second kappa shape index (κ2) is 16.2. The minimum absolute atomic E-state index is 0.0492. The third kappa shape index (κ3) is 9.40. The van der Waals surface area contributed by atoms with Gasteiger partial charge in [-0.15, -0.1) is 11.3 Å². The third-order valence-corrected chi connectivity index (χ3v) is 8.71. The zero-order valence-corrected chi connectivity index (χ0v) is 29.9. The Morgan fingerprint density at radius 2 is 1.57 bits per heavy atom. The minimum atomic E-state index is -0.0492. The fraction of sp³-hybridized carbons (Fsp3) is 0.600. The number of carbonyl (C=O) groups excluding carboxylic acids is 2. The summed E-state index contributed by atoms with van der Waals surface area (Å²) in [5.41, 5.74) is 6.58. The fourth-order valence-electron chi connectivity index (χ4n) is 5.23. The van der Waals surface area contributed by atoms with Gasteiger partial charge in [0, 0.05) is 46.8 Å². The van der Waals surface area contributed by atoms with Crippen LogP contribution < -0.4 is 4.74 Å². The average molecular weight is 627 g/mol. The summed E-state index contributed by atoms with van der Waals surface area (Å²) < 4.78 is 11.6. The molecule has 0 bridgehead atoms. The standard InChI is InChI=1S/C31H44N4O2S.C2H4O2.C2H6/c1-10-23-15-20(2)35(33-23)18-27(36)34-13-11-21(12-14-34)29-32-26(19-38-29)22-16-24(30(3,4)5)28(37-9)25(17-22)31(6,7)8;1-4-2-3;1-2/h15-17,19,21H,10-14,18H2,1-9H3;2H,1H3;1-2H3. The van der Waals surface area contributed by atoms with Crippen molar-refractivity contribution in [3.63, 3.8) is 0 Å². The number of aryl methyl sites for hydroxylation is 2. The van der Waals surface area contributed by atoms with Crippen LogP contribution in [0.2, 0.25) is 0 Å². The molecule has 4 rings (SSSR count). The Balaban J connectivity index is 0.00000104. The van der Waals surface area contributed by atoms with Crippen molar-refractivity contribution < 1.29 is 19.1 Å². The van der Waals surface area contributed by atoms with Crippen molar-refractivity contribution in [2.45, 2.75) is 112 Å². The van der Waals surface area contributed by atoms with E-state index in [1.807, 2.05) is 30.4 Å². The highest BCUT2D eigenvalue weighted by atomic mass is 32.1. The van der Waals surface area contributed by atoms with Crippen LogP contribution in [0, 0.1) is 6.92 Å². The lowest BCUT2D eigenvalue weighted by atomic mass is 9.78. The third-order valence-electron chi connectivity index (χ3n) is 7.70. The number of rotatable bonds is 7. The van der Waals surface area contributed by atoms with Gasteiger partial charge in [0.25, 0.3) is 6.47 Å². The van der Waals surface area contributed by atoms with Crippen LogP contribution in [0.25, 0.3) is 11.3 Å². The molecule has 1 saturated heterocycles. The molecule has 2 aromatic heterocycles. The molecule has 0 spiro atoms. The second-order valence-corrected chi connectivity index (χ2v) is 13.8. The molecule has 3 aromatic rings. The predicted octanol–water partition coefficient (Wildman–Crippen LogP) is 7.70. The summed E-state index contributed by atoms with van der Waals surface area (Å²) >= 11 is 1.75. The Bertz CT molecular complexity index is 1320. The van der Waals surface area contributed by atoms with Gasteiger partial charge in [-0.3, -0.25) is 14.3 Å². The molecule has 1 fully saturated rings. The predicted molar refractivity (Wildman–Crippen MR) is 181 cm³/mol. The van der Waals surface area contributed by atoms with Crippen LogP contribution in [0.1, 0.15) is 109 Å². The number of ether oxygens (including phenoxy) is 2. The Labute approximate surface area is 269 Å². The Morgan fingerprint density at radius 1 is 1.02 bits per heavy atom. The van der Waals surface area contributed by atoms with Gasteiger partial charge in [0.1, 0.15) is 12.3 Å². The van der Waals surface area contributed by atoms with E-state index >= 15 is 0 Å². The number of hydrogen-bond donors (Lipinski definition) is 0. The molecule has 0 N–H and O–H groups in total. The van der Waals surface area contributed by atoms with Crippen molar-refractivity contribution in [1.82, 2.24) is 19.7 Å². The van der Waals surface area contributed by atoms with Crippen LogP contribution in [0.15, 0.2) is 23.6 Å². The lowest BCUT2D eigenvalue weighted by molar-refractivity contribution is -0.133. The number of hydrogen-bond acceptors (Lipinski definition) is 7. The zero-order valence-electron chi connectivity index (χ0n) is 29.0. The van der Waals surface area contributed by atoms with E-state index in [2.05, 4.69) is 81.9 Å². The molecular formula is C35H54N4O4S. The number of thiazole rings is 1. The number of aromatic nitrogens is 3. The van der Waals surface area contributed by atoms with Crippen LogP contribution in [0.4, 0.5) is 0 Å². The smallest absolute Gasteiger partial charge is 0.292 e. The summed E-state index contributed by atoms with van der Waals surface area (Å²) in [4.78, 5) is 29.0. The van der Waals surface area contributed by atoms with E-state index in [0.717, 1.165) is 60.7 Å². The van der Waals surface area contributed by atoms with Crippen molar-refractivity contribution in [2.75, 3.05) is 27.3 Å². The maximum Gasteiger partial charge on any atom is 0.292 e. The number of methoxy groups -OCH3 is 2. The van der Waals surface area contributed by atoms with E-state index in [9.17, 15) is 4.79 Å². The van der Waals surface area contributed by atoms with Crippen molar-refractivity contribution in [2.24, 2.45) is 0 Å². The maximum atomic E-state index is 13.0. The molecule has 44 heavy (non-hydrogen) atoms. The summed E-state index contributed by atoms with van der Waals surface area (Å²) in [5, 5.41) is 7.93. The van der Waals surface area contributed by atoms with E-state index in [0.29, 0.717) is 18.9 Å². The van der Waals surface area contributed by atoms with Crippen LogP contribution in [-0.4, -0.2) is 59.4 Å². The van der Waals surface area contributed by atoms with Crippen molar-refractivity contribution in [1.29, 1.82) is 0 Å². The van der Waals surface area contributed by atoms with Gasteiger partial charge in [-0.25, -0.2) is 4.98 Å². The van der Waals surface area contributed by atoms with Crippen LogP contribution in [0.3, 0.4) is 0 Å². The Hall–Kier alpha value is -3.20. The highest BCUT2D eigenvalue weighted by molar-refractivity contribution is 7.10. The first-order valence-corrected chi connectivity index (χ1v) is 16.6. The molecule has 1 amide bonds. The normalized spacial score (nSPS) is 13.8. The van der Waals surface area contributed by atoms with Gasteiger partial charge in [-0.1, -0.05) is 62.3 Å². The molecule has 0 atom stereocenters. The summed E-state index contributed by atoms with van der Waals surface area (Å²) in [6.45, 7) is 23.7. The molecule has 0 aliphatic carbocycles. The molecule has 0 radical (unpaired) electrons. The molecule has 0 saturated carbocycles. The highest BCUT2D eigenvalue weighted by Gasteiger charge is 2.29. The molecule has 1 aromatic carbocycles. The quantitative estimate of drug-likeness (QED) is 0.250. The number of carbonyl (C=O) groups is 2. The first-order chi connectivity index (χ1) is 20.7. The van der Waals surface area contributed by atoms with Gasteiger partial charge in [-0.05, 0) is 55.2 Å². The molecule has 8 nitrogen and oxygen atoms in total. The van der Waals surface area contributed by atoms with E-state index in [1.54, 1.807) is 18.4 Å². The number of nitrogens with zero attached hydrogens (tertiary/aromatic N) is 4. The van der Waals surface area contributed by atoms with Crippen LogP contribution in [0.5, 0.6) is 5.75 Å². The van der Waals surface area contributed by atoms with Gasteiger partial charge in [-0.2, -0.15) is 5.10 Å². The molecule has 244 valence electrons. The average Bonchev–Trinajstić information content (AvgIpc) is 3.63. The van der Waals surface area contributed by atoms with Crippen molar-refractivity contribution in [3.8, 4) is 17.0 Å². The zero-order chi connectivity index (χ0) is 33.2. The van der Waals surface area contributed by atoms with Gasteiger partial charge < -0.3 is 14.4 Å². The van der Waals surface area contributed by atoms with Gasteiger partial charge in [0.15, 0.2) is 0 Å². The molecule has 1 aliphatic rings. The summed E-state index contributed by atoms with van der Waals surface area (Å²) in [6.07, 6.45) is 2.77. The molecular weight excluding hydrogens is 572 g/mol. The van der Waals surface area contributed by atoms with Crippen molar-refractivity contribution in [3.05, 3.63) is 51.1 Å². The van der Waals surface area contributed by atoms with E-state index in [4.69, 9.17) is 14.5 Å². The van der Waals surface area contributed by atoms with E-state index in [-0.39, 0.29) is 16.7 Å². The summed E-state index contributed by atoms with van der Waals surface area (Å²) in [5.74, 6) is 1.52. The first-order valence-electron chi connectivity index (χ1n) is 15.7. The lowest BCUT2D eigenvalue weighted by Gasteiger charge is -2.31. The Kier molecular flexibility index (Phi) is 13.6. The molecule has 9 heteroatoms. The van der Waals surface area contributed by atoms with Crippen LogP contribution >= 0.6 is 11.3 Å². The maximum absolute atomic E-state index is 13.0. The largest absolute Gasteiger partial charge is 0.496 e. The summed E-state index contributed by atoms with van der Waals surface area (Å²) in [7, 11) is 3.09. The number of piperidine rings is 1. The second-order valence-electron chi connectivity index (χ2n) is 13.0. The fourth-order valence-corrected chi connectivity index (χ4v) is 6.23. The monoisotopic (exact) mass is 626 g/mol. The highest BCUT2D eigenvalue weighted by Crippen LogP contribution is 2.43. The topological polar surface area (TPSA) is 86.6 Å². The molecule has 1 aliphatic heterocycles. The summed E-state index contributed by atoms with van der Waals surface area (Å²) in [6, 6.07) is 6.59.